The normalized spacial score (nSPS) is 11.6. The van der Waals surface area contributed by atoms with Crippen molar-refractivity contribution >= 4 is 5.96 Å². The van der Waals surface area contributed by atoms with Gasteiger partial charge in [-0.15, -0.1) is 0 Å². The maximum Gasteiger partial charge on any atom is 0.191 e. The van der Waals surface area contributed by atoms with Crippen molar-refractivity contribution in [3.8, 4) is 0 Å². The summed E-state index contributed by atoms with van der Waals surface area (Å²) in [6, 6.07) is 4.06. The highest BCUT2D eigenvalue weighted by molar-refractivity contribution is 5.79. The van der Waals surface area contributed by atoms with E-state index in [-0.39, 0.29) is 0 Å². The summed E-state index contributed by atoms with van der Waals surface area (Å²) in [7, 11) is 1.71. The van der Waals surface area contributed by atoms with Crippen molar-refractivity contribution in [3.05, 3.63) is 24.5 Å². The minimum absolute atomic E-state index is 0.756. The van der Waals surface area contributed by atoms with E-state index in [0.717, 1.165) is 45.2 Å². The third-order valence-electron chi connectivity index (χ3n) is 2.45. The molecule has 0 bridgehead atoms. The van der Waals surface area contributed by atoms with Gasteiger partial charge in [0.25, 0.3) is 0 Å². The summed E-state index contributed by atoms with van der Waals surface area (Å²) in [6.07, 6.45) is 5.07. The Morgan fingerprint density at radius 1 is 1.28 bits per heavy atom. The van der Waals surface area contributed by atoms with Crippen molar-refractivity contribution in [1.29, 1.82) is 0 Å². The molecule has 0 atom stereocenters. The predicted molar refractivity (Wildman–Crippen MR) is 74.9 cm³/mol. The molecule has 0 aromatic carbocycles. The first-order valence-electron chi connectivity index (χ1n) is 6.48. The van der Waals surface area contributed by atoms with Gasteiger partial charge in [0, 0.05) is 52.3 Å². The van der Waals surface area contributed by atoms with Crippen molar-refractivity contribution in [3.63, 3.8) is 0 Å². The van der Waals surface area contributed by atoms with E-state index in [0.29, 0.717) is 0 Å². The average molecular weight is 252 g/mol. The summed E-state index contributed by atoms with van der Waals surface area (Å²) in [6.45, 7) is 6.29. The third-order valence-corrected chi connectivity index (χ3v) is 2.45. The van der Waals surface area contributed by atoms with Gasteiger partial charge in [0.2, 0.25) is 0 Å². The topological polar surface area (TPSA) is 50.6 Å². The molecule has 0 aliphatic carbocycles. The van der Waals surface area contributed by atoms with Crippen LogP contribution in [0.15, 0.2) is 29.5 Å². The summed E-state index contributed by atoms with van der Waals surface area (Å²) in [5, 5.41) is 6.54. The van der Waals surface area contributed by atoms with Gasteiger partial charge in [-0.3, -0.25) is 4.99 Å². The molecule has 0 aliphatic heterocycles. The average Bonchev–Trinajstić information content (AvgIpc) is 2.87. The fourth-order valence-corrected chi connectivity index (χ4v) is 1.56. The number of hydrogen-bond acceptors (Lipinski definition) is 2. The molecule has 0 spiro atoms. The number of aromatic nitrogens is 1. The minimum Gasteiger partial charge on any atom is -0.385 e. The van der Waals surface area contributed by atoms with Gasteiger partial charge in [-0.2, -0.15) is 0 Å². The van der Waals surface area contributed by atoms with Crippen molar-refractivity contribution < 1.29 is 4.74 Å². The summed E-state index contributed by atoms with van der Waals surface area (Å²) >= 11 is 0. The number of guanidine groups is 1. The van der Waals surface area contributed by atoms with E-state index in [1.807, 2.05) is 12.1 Å². The molecule has 18 heavy (non-hydrogen) atoms. The van der Waals surface area contributed by atoms with Gasteiger partial charge in [-0.1, -0.05) is 0 Å². The lowest BCUT2D eigenvalue weighted by molar-refractivity contribution is 0.197. The van der Waals surface area contributed by atoms with E-state index < -0.39 is 0 Å². The van der Waals surface area contributed by atoms with Crippen LogP contribution in [0.3, 0.4) is 0 Å². The van der Waals surface area contributed by atoms with Gasteiger partial charge in [-0.25, -0.2) is 0 Å². The van der Waals surface area contributed by atoms with Crippen LogP contribution >= 0.6 is 0 Å². The quantitative estimate of drug-likeness (QED) is 0.413. The predicted octanol–water partition coefficient (Wildman–Crippen LogP) is 1.08. The van der Waals surface area contributed by atoms with Crippen LogP contribution in [0.1, 0.15) is 13.3 Å². The molecule has 102 valence electrons. The molecule has 0 fully saturated rings. The molecular weight excluding hydrogens is 228 g/mol. The molecule has 0 unspecified atom stereocenters. The smallest absolute Gasteiger partial charge is 0.191 e. The number of rotatable bonds is 8. The summed E-state index contributed by atoms with van der Waals surface area (Å²) < 4.78 is 7.14. The zero-order chi connectivity index (χ0) is 13.1. The number of aliphatic imine (C=N–C) groups is 1. The van der Waals surface area contributed by atoms with E-state index in [4.69, 9.17) is 4.74 Å². The maximum absolute atomic E-state index is 5.00. The minimum atomic E-state index is 0.756. The molecule has 5 heteroatoms. The Morgan fingerprint density at radius 2 is 2.06 bits per heavy atom. The Hall–Kier alpha value is -1.49. The van der Waals surface area contributed by atoms with Crippen molar-refractivity contribution in [1.82, 2.24) is 15.2 Å². The summed E-state index contributed by atoms with van der Waals surface area (Å²) in [4.78, 5) is 4.47. The Balaban J connectivity index is 2.23. The van der Waals surface area contributed by atoms with Crippen LogP contribution in [-0.4, -0.2) is 43.9 Å². The second kappa shape index (κ2) is 9.53. The molecule has 0 saturated heterocycles. The van der Waals surface area contributed by atoms with Gasteiger partial charge in [0.1, 0.15) is 0 Å². The highest BCUT2D eigenvalue weighted by Crippen LogP contribution is 1.88. The monoisotopic (exact) mass is 252 g/mol. The molecular formula is C13H24N4O. The SMILES string of the molecule is CCNC(=NCCCOC)NCCn1cccc1. The molecule has 0 aliphatic rings. The van der Waals surface area contributed by atoms with Crippen LogP contribution in [0.5, 0.6) is 0 Å². The largest absolute Gasteiger partial charge is 0.385 e. The molecule has 0 saturated carbocycles. The second-order valence-electron chi connectivity index (χ2n) is 3.95. The Labute approximate surface area is 109 Å². The maximum atomic E-state index is 5.00. The van der Waals surface area contributed by atoms with Crippen molar-refractivity contribution in [2.45, 2.75) is 19.9 Å². The number of hydrogen-bond donors (Lipinski definition) is 2. The Morgan fingerprint density at radius 3 is 2.72 bits per heavy atom. The van der Waals surface area contributed by atoms with Gasteiger partial charge >= 0.3 is 0 Å². The standard InChI is InChI=1S/C13H24N4O/c1-3-14-13(15-7-6-12-18-2)16-8-11-17-9-4-5-10-17/h4-5,9-10H,3,6-8,11-12H2,1-2H3,(H2,14,15,16). The second-order valence-corrected chi connectivity index (χ2v) is 3.95. The highest BCUT2D eigenvalue weighted by Gasteiger charge is 1.96. The first-order valence-corrected chi connectivity index (χ1v) is 6.48. The van der Waals surface area contributed by atoms with Crippen LogP contribution in [0.25, 0.3) is 0 Å². The molecule has 1 rings (SSSR count). The van der Waals surface area contributed by atoms with Crippen LogP contribution in [0.4, 0.5) is 0 Å². The van der Waals surface area contributed by atoms with E-state index in [9.17, 15) is 0 Å². The highest BCUT2D eigenvalue weighted by atomic mass is 16.5. The number of ether oxygens (including phenoxy) is 1. The van der Waals surface area contributed by atoms with E-state index in [1.165, 1.54) is 0 Å². The molecule has 1 aromatic heterocycles. The van der Waals surface area contributed by atoms with Gasteiger partial charge in [0.05, 0.1) is 0 Å². The lowest BCUT2D eigenvalue weighted by Gasteiger charge is -2.11. The molecule has 0 amide bonds. The Kier molecular flexibility index (Phi) is 7.72. The van der Waals surface area contributed by atoms with Gasteiger partial charge in [-0.05, 0) is 25.5 Å². The molecule has 0 radical (unpaired) electrons. The van der Waals surface area contributed by atoms with Crippen LogP contribution in [-0.2, 0) is 11.3 Å². The summed E-state index contributed by atoms with van der Waals surface area (Å²) in [5.74, 6) is 0.876. The fourth-order valence-electron chi connectivity index (χ4n) is 1.56. The molecule has 1 heterocycles. The molecule has 5 nitrogen and oxygen atoms in total. The van der Waals surface area contributed by atoms with Crippen LogP contribution < -0.4 is 10.6 Å². The number of nitrogens with one attached hydrogen (secondary N) is 2. The number of nitrogens with zero attached hydrogens (tertiary/aromatic N) is 2. The fraction of sp³-hybridized carbons (Fsp3) is 0.615. The van der Waals surface area contributed by atoms with Crippen LogP contribution in [0, 0.1) is 0 Å². The Bertz CT molecular complexity index is 322. The zero-order valence-corrected chi connectivity index (χ0v) is 11.4. The lowest BCUT2D eigenvalue weighted by Crippen LogP contribution is -2.38. The first-order chi connectivity index (χ1) is 8.86. The van der Waals surface area contributed by atoms with E-state index in [2.05, 4.69) is 39.5 Å². The van der Waals surface area contributed by atoms with Crippen molar-refractivity contribution in [2.24, 2.45) is 4.99 Å². The first kappa shape index (κ1) is 14.6. The van der Waals surface area contributed by atoms with Crippen LogP contribution in [0.2, 0.25) is 0 Å². The third kappa shape index (κ3) is 6.30. The van der Waals surface area contributed by atoms with E-state index in [1.54, 1.807) is 7.11 Å². The zero-order valence-electron chi connectivity index (χ0n) is 11.4. The van der Waals surface area contributed by atoms with Gasteiger partial charge in [0.15, 0.2) is 5.96 Å². The lowest BCUT2D eigenvalue weighted by atomic mass is 10.4. The molecule has 1 aromatic rings. The van der Waals surface area contributed by atoms with Crippen molar-refractivity contribution in [2.75, 3.05) is 33.4 Å². The van der Waals surface area contributed by atoms with E-state index >= 15 is 0 Å². The van der Waals surface area contributed by atoms with Gasteiger partial charge < -0.3 is 19.9 Å². The number of methoxy groups -OCH3 is 1. The molecule has 2 N–H and O–H groups in total. The summed E-state index contributed by atoms with van der Waals surface area (Å²) in [5.41, 5.74) is 0.